The van der Waals surface area contributed by atoms with Crippen LogP contribution in [0.4, 0.5) is 0 Å². The molecule has 0 aromatic heterocycles. The van der Waals surface area contributed by atoms with Crippen LogP contribution in [0.1, 0.15) is 33.1 Å². The minimum Gasteiger partial charge on any atom is -0.297 e. The molecule has 0 aromatic carbocycles. The highest BCUT2D eigenvalue weighted by atomic mass is 15.2. The van der Waals surface area contributed by atoms with E-state index >= 15 is 0 Å². The number of rotatable bonds is 3. The number of likely N-dealkylation sites (tertiary alicyclic amines) is 1. The van der Waals surface area contributed by atoms with Crippen molar-refractivity contribution >= 4 is 0 Å². The van der Waals surface area contributed by atoms with Gasteiger partial charge in [0.05, 0.1) is 0 Å². The molecular weight excluding hydrogens is 134 g/mol. The van der Waals surface area contributed by atoms with Crippen molar-refractivity contribution in [1.82, 2.24) is 4.90 Å². The Morgan fingerprint density at radius 2 is 2.00 bits per heavy atom. The Kier molecular flexibility index (Phi) is 3.64. The molecule has 0 radical (unpaired) electrons. The fourth-order valence-electron chi connectivity index (χ4n) is 1.81. The fourth-order valence-corrected chi connectivity index (χ4v) is 1.81. The molecule has 0 N–H and O–H groups in total. The molecule has 1 fully saturated rings. The van der Waals surface area contributed by atoms with Gasteiger partial charge >= 0.3 is 0 Å². The summed E-state index contributed by atoms with van der Waals surface area (Å²) in [6.07, 6.45) is 8.55. The van der Waals surface area contributed by atoms with E-state index in [1.165, 1.54) is 32.4 Å². The SMILES string of the molecule is CC=C[C@@H](CC)N1CCCC1. The predicted octanol–water partition coefficient (Wildman–Crippen LogP) is 2.44. The standard InChI is InChI=1S/C10H19N/c1-3-7-10(4-2)11-8-5-6-9-11/h3,7,10H,4-6,8-9H2,1-2H3/t10-/m1/s1. The van der Waals surface area contributed by atoms with Gasteiger partial charge in [0.15, 0.2) is 0 Å². The van der Waals surface area contributed by atoms with Gasteiger partial charge in [0, 0.05) is 6.04 Å². The van der Waals surface area contributed by atoms with Crippen LogP contribution in [0.2, 0.25) is 0 Å². The first-order chi connectivity index (χ1) is 5.38. The summed E-state index contributed by atoms with van der Waals surface area (Å²) in [5, 5.41) is 0. The van der Waals surface area contributed by atoms with Crippen molar-refractivity contribution in [2.45, 2.75) is 39.2 Å². The molecule has 0 saturated carbocycles. The molecule has 0 bridgehead atoms. The third-order valence-corrected chi connectivity index (χ3v) is 2.44. The van der Waals surface area contributed by atoms with Gasteiger partial charge in [-0.2, -0.15) is 0 Å². The molecule has 0 unspecified atom stereocenters. The van der Waals surface area contributed by atoms with Gasteiger partial charge in [0.25, 0.3) is 0 Å². The first-order valence-electron chi connectivity index (χ1n) is 4.75. The molecule has 1 aliphatic rings. The van der Waals surface area contributed by atoms with Crippen LogP contribution in [0.15, 0.2) is 12.2 Å². The maximum atomic E-state index is 2.58. The molecule has 0 aliphatic carbocycles. The van der Waals surface area contributed by atoms with Gasteiger partial charge in [-0.25, -0.2) is 0 Å². The van der Waals surface area contributed by atoms with E-state index in [0.29, 0.717) is 6.04 Å². The predicted molar refractivity (Wildman–Crippen MR) is 49.7 cm³/mol. The van der Waals surface area contributed by atoms with E-state index in [4.69, 9.17) is 0 Å². The number of hydrogen-bond donors (Lipinski definition) is 0. The Morgan fingerprint density at radius 1 is 1.36 bits per heavy atom. The lowest BCUT2D eigenvalue weighted by atomic mass is 10.2. The van der Waals surface area contributed by atoms with Crippen LogP contribution >= 0.6 is 0 Å². The van der Waals surface area contributed by atoms with Gasteiger partial charge in [-0.3, -0.25) is 4.90 Å². The molecule has 1 heteroatoms. The molecule has 64 valence electrons. The smallest absolute Gasteiger partial charge is 0.0275 e. The summed E-state index contributed by atoms with van der Waals surface area (Å²) in [5.74, 6) is 0. The molecular formula is C10H19N. The minimum atomic E-state index is 0.711. The lowest BCUT2D eigenvalue weighted by molar-refractivity contribution is 0.278. The molecule has 1 atom stereocenters. The molecule has 1 nitrogen and oxygen atoms in total. The summed E-state index contributed by atoms with van der Waals surface area (Å²) in [6, 6.07) is 0.711. The highest BCUT2D eigenvalue weighted by Crippen LogP contribution is 2.14. The first-order valence-corrected chi connectivity index (χ1v) is 4.75. The number of allylic oxidation sites excluding steroid dienone is 1. The van der Waals surface area contributed by atoms with Crippen molar-refractivity contribution in [3.05, 3.63) is 12.2 Å². The Labute approximate surface area is 70.1 Å². The van der Waals surface area contributed by atoms with Crippen molar-refractivity contribution in [2.24, 2.45) is 0 Å². The fraction of sp³-hybridized carbons (Fsp3) is 0.800. The Morgan fingerprint density at radius 3 is 2.45 bits per heavy atom. The Bertz CT molecular complexity index is 123. The number of nitrogens with zero attached hydrogens (tertiary/aromatic N) is 1. The van der Waals surface area contributed by atoms with Crippen molar-refractivity contribution in [3.63, 3.8) is 0 Å². The zero-order valence-corrected chi connectivity index (χ0v) is 7.71. The third kappa shape index (κ3) is 2.33. The van der Waals surface area contributed by atoms with E-state index in [0.717, 1.165) is 0 Å². The molecule has 0 amide bonds. The van der Waals surface area contributed by atoms with Gasteiger partial charge in [0.1, 0.15) is 0 Å². The summed E-state index contributed by atoms with van der Waals surface area (Å²) in [4.78, 5) is 2.58. The molecule has 11 heavy (non-hydrogen) atoms. The zero-order valence-electron chi connectivity index (χ0n) is 7.71. The monoisotopic (exact) mass is 153 g/mol. The molecule has 1 aliphatic heterocycles. The Hall–Kier alpha value is -0.300. The zero-order chi connectivity index (χ0) is 8.10. The van der Waals surface area contributed by atoms with E-state index in [1.54, 1.807) is 0 Å². The van der Waals surface area contributed by atoms with Crippen molar-refractivity contribution in [2.75, 3.05) is 13.1 Å². The summed E-state index contributed by atoms with van der Waals surface area (Å²) < 4.78 is 0. The molecule has 0 aromatic rings. The van der Waals surface area contributed by atoms with Gasteiger partial charge in [-0.15, -0.1) is 0 Å². The van der Waals surface area contributed by atoms with Crippen molar-refractivity contribution < 1.29 is 0 Å². The van der Waals surface area contributed by atoms with Crippen LogP contribution in [-0.4, -0.2) is 24.0 Å². The lowest BCUT2D eigenvalue weighted by Gasteiger charge is -2.22. The Balaban J connectivity index is 2.39. The highest BCUT2D eigenvalue weighted by Gasteiger charge is 2.17. The third-order valence-electron chi connectivity index (χ3n) is 2.44. The molecule has 1 heterocycles. The van der Waals surface area contributed by atoms with Crippen LogP contribution in [-0.2, 0) is 0 Å². The molecule has 0 spiro atoms. The van der Waals surface area contributed by atoms with Crippen molar-refractivity contribution in [3.8, 4) is 0 Å². The van der Waals surface area contributed by atoms with Gasteiger partial charge in [-0.1, -0.05) is 19.1 Å². The summed E-state index contributed by atoms with van der Waals surface area (Å²) in [5.41, 5.74) is 0. The average molecular weight is 153 g/mol. The van der Waals surface area contributed by atoms with Gasteiger partial charge in [0.2, 0.25) is 0 Å². The second-order valence-electron chi connectivity index (χ2n) is 3.24. The molecule has 1 saturated heterocycles. The molecule has 1 rings (SSSR count). The van der Waals surface area contributed by atoms with Crippen molar-refractivity contribution in [1.29, 1.82) is 0 Å². The maximum Gasteiger partial charge on any atom is 0.0275 e. The van der Waals surface area contributed by atoms with E-state index in [2.05, 4.69) is 30.9 Å². The van der Waals surface area contributed by atoms with Crippen LogP contribution in [0, 0.1) is 0 Å². The van der Waals surface area contributed by atoms with E-state index < -0.39 is 0 Å². The quantitative estimate of drug-likeness (QED) is 0.563. The minimum absolute atomic E-state index is 0.711. The van der Waals surface area contributed by atoms with Gasteiger partial charge in [-0.05, 0) is 39.3 Å². The first kappa shape index (κ1) is 8.79. The number of hydrogen-bond acceptors (Lipinski definition) is 1. The summed E-state index contributed by atoms with van der Waals surface area (Å²) in [7, 11) is 0. The van der Waals surface area contributed by atoms with Crippen LogP contribution < -0.4 is 0 Å². The summed E-state index contributed by atoms with van der Waals surface area (Å²) in [6.45, 7) is 6.99. The van der Waals surface area contributed by atoms with E-state index in [9.17, 15) is 0 Å². The van der Waals surface area contributed by atoms with Crippen LogP contribution in [0.5, 0.6) is 0 Å². The van der Waals surface area contributed by atoms with Crippen LogP contribution in [0.25, 0.3) is 0 Å². The van der Waals surface area contributed by atoms with E-state index in [1.807, 2.05) is 0 Å². The second kappa shape index (κ2) is 4.55. The highest BCUT2D eigenvalue weighted by molar-refractivity contribution is 4.93. The second-order valence-corrected chi connectivity index (χ2v) is 3.24. The van der Waals surface area contributed by atoms with Crippen LogP contribution in [0.3, 0.4) is 0 Å². The normalized spacial score (nSPS) is 23.1. The topological polar surface area (TPSA) is 3.24 Å². The maximum absolute atomic E-state index is 2.58. The largest absolute Gasteiger partial charge is 0.297 e. The average Bonchev–Trinajstić information content (AvgIpc) is 2.52. The van der Waals surface area contributed by atoms with E-state index in [-0.39, 0.29) is 0 Å². The lowest BCUT2D eigenvalue weighted by Crippen LogP contribution is -2.30. The summed E-state index contributed by atoms with van der Waals surface area (Å²) >= 11 is 0. The van der Waals surface area contributed by atoms with Gasteiger partial charge < -0.3 is 0 Å².